The number of hydrogen-bond acceptors (Lipinski definition) is 3. The van der Waals surface area contributed by atoms with Gasteiger partial charge in [-0.05, 0) is 37.3 Å². The number of benzene rings is 1. The Balaban J connectivity index is 1.79. The molecular weight excluding hydrogens is 272 g/mol. The summed E-state index contributed by atoms with van der Waals surface area (Å²) in [6.07, 6.45) is 3.98. The molecule has 0 bridgehead atoms. The number of carboxylic acid groups (broad SMARTS) is 1. The number of ketones is 1. The van der Waals surface area contributed by atoms with E-state index in [1.54, 1.807) is 11.8 Å². The Kier molecular flexibility index (Phi) is 3.59. The van der Waals surface area contributed by atoms with Crippen LogP contribution in [0.2, 0.25) is 0 Å². The molecular formula is C16H18O3S. The fraction of sp³-hybridized carbons (Fsp3) is 0.500. The van der Waals surface area contributed by atoms with Crippen molar-refractivity contribution in [2.24, 2.45) is 5.41 Å². The van der Waals surface area contributed by atoms with Crippen LogP contribution in [0.1, 0.15) is 37.7 Å². The van der Waals surface area contributed by atoms with Gasteiger partial charge < -0.3 is 5.11 Å². The van der Waals surface area contributed by atoms with Crippen LogP contribution in [0.25, 0.3) is 0 Å². The first kappa shape index (κ1) is 13.7. The van der Waals surface area contributed by atoms with Gasteiger partial charge in [0, 0.05) is 16.6 Å². The number of Topliss-reactive ketones (excluding diaryl/α,β-unsaturated/α-hetero) is 1. The zero-order valence-electron chi connectivity index (χ0n) is 11.3. The van der Waals surface area contributed by atoms with Crippen molar-refractivity contribution >= 4 is 23.5 Å². The van der Waals surface area contributed by atoms with E-state index in [-0.39, 0.29) is 11.0 Å². The minimum absolute atomic E-state index is 0.0622. The molecule has 1 aromatic rings. The fourth-order valence-electron chi connectivity index (χ4n) is 3.38. The Morgan fingerprint density at radius 3 is 2.85 bits per heavy atom. The van der Waals surface area contributed by atoms with Gasteiger partial charge in [0.05, 0.1) is 0 Å². The van der Waals surface area contributed by atoms with Crippen molar-refractivity contribution in [3.05, 3.63) is 29.8 Å². The average Bonchev–Trinajstić information content (AvgIpc) is 2.83. The van der Waals surface area contributed by atoms with E-state index in [0.29, 0.717) is 19.3 Å². The number of hydrogen-bond donors (Lipinski definition) is 1. The van der Waals surface area contributed by atoms with Crippen LogP contribution in [-0.2, 0) is 16.0 Å². The van der Waals surface area contributed by atoms with Gasteiger partial charge in [0.15, 0.2) is 0 Å². The number of thioether (sulfide) groups is 1. The summed E-state index contributed by atoms with van der Waals surface area (Å²) in [5.41, 5.74) is 0.157. The van der Waals surface area contributed by atoms with Crippen molar-refractivity contribution in [2.45, 2.75) is 48.7 Å². The Hall–Kier alpha value is -1.29. The summed E-state index contributed by atoms with van der Waals surface area (Å²) in [4.78, 5) is 25.2. The van der Waals surface area contributed by atoms with Gasteiger partial charge in [-0.1, -0.05) is 24.6 Å². The third-order valence-electron chi connectivity index (χ3n) is 4.49. The summed E-state index contributed by atoms with van der Waals surface area (Å²) in [7, 11) is 0. The SMILES string of the molecule is O=C(O)C1(CC2Cc3ccccc3S2)CCCCC1=O. The summed E-state index contributed by atoms with van der Waals surface area (Å²) in [5, 5.41) is 9.82. The molecule has 1 aromatic carbocycles. The quantitative estimate of drug-likeness (QED) is 0.868. The molecule has 2 aliphatic rings. The molecule has 106 valence electrons. The maximum absolute atomic E-state index is 12.2. The number of fused-ring (bicyclic) bond motifs is 1. The molecule has 0 amide bonds. The Morgan fingerprint density at radius 2 is 2.15 bits per heavy atom. The molecule has 0 saturated heterocycles. The summed E-state index contributed by atoms with van der Waals surface area (Å²) in [6.45, 7) is 0. The summed E-state index contributed by atoms with van der Waals surface area (Å²) >= 11 is 1.73. The highest BCUT2D eigenvalue weighted by molar-refractivity contribution is 8.00. The first-order valence-corrected chi connectivity index (χ1v) is 8.01. The van der Waals surface area contributed by atoms with Crippen LogP contribution in [0.15, 0.2) is 29.2 Å². The summed E-state index contributed by atoms with van der Waals surface area (Å²) in [6, 6.07) is 8.20. The van der Waals surface area contributed by atoms with E-state index in [1.165, 1.54) is 10.5 Å². The normalized spacial score (nSPS) is 29.2. The Bertz CT molecular complexity index is 529. The van der Waals surface area contributed by atoms with E-state index in [1.807, 2.05) is 12.1 Å². The van der Waals surface area contributed by atoms with Crippen molar-refractivity contribution in [2.75, 3.05) is 0 Å². The number of carboxylic acids is 1. The highest BCUT2D eigenvalue weighted by Gasteiger charge is 2.48. The second-order valence-corrected chi connectivity index (χ2v) is 7.12. The summed E-state index contributed by atoms with van der Waals surface area (Å²) < 4.78 is 0. The van der Waals surface area contributed by atoms with Crippen LogP contribution in [0, 0.1) is 5.41 Å². The van der Waals surface area contributed by atoms with E-state index >= 15 is 0 Å². The topological polar surface area (TPSA) is 54.4 Å². The molecule has 1 fully saturated rings. The van der Waals surface area contributed by atoms with Gasteiger partial charge in [-0.3, -0.25) is 9.59 Å². The largest absolute Gasteiger partial charge is 0.480 e. The van der Waals surface area contributed by atoms with E-state index in [2.05, 4.69) is 12.1 Å². The minimum atomic E-state index is -1.13. The minimum Gasteiger partial charge on any atom is -0.480 e. The van der Waals surface area contributed by atoms with Crippen LogP contribution in [0.3, 0.4) is 0 Å². The second-order valence-electron chi connectivity index (χ2n) is 5.77. The van der Waals surface area contributed by atoms with Crippen LogP contribution in [-0.4, -0.2) is 22.1 Å². The zero-order valence-corrected chi connectivity index (χ0v) is 12.1. The first-order valence-electron chi connectivity index (χ1n) is 7.13. The van der Waals surface area contributed by atoms with E-state index in [0.717, 1.165) is 19.3 Å². The molecule has 0 radical (unpaired) electrons. The van der Waals surface area contributed by atoms with Crippen molar-refractivity contribution in [3.8, 4) is 0 Å². The van der Waals surface area contributed by atoms with Gasteiger partial charge in [-0.15, -0.1) is 11.8 Å². The maximum Gasteiger partial charge on any atom is 0.317 e. The predicted molar refractivity (Wildman–Crippen MR) is 78.0 cm³/mol. The van der Waals surface area contributed by atoms with Gasteiger partial charge in [-0.2, -0.15) is 0 Å². The molecule has 0 aromatic heterocycles. The third kappa shape index (κ3) is 2.26. The van der Waals surface area contributed by atoms with Crippen LogP contribution < -0.4 is 0 Å². The second kappa shape index (κ2) is 5.24. The van der Waals surface area contributed by atoms with Crippen molar-refractivity contribution < 1.29 is 14.7 Å². The molecule has 3 nitrogen and oxygen atoms in total. The Labute approximate surface area is 122 Å². The smallest absolute Gasteiger partial charge is 0.317 e. The molecule has 4 heteroatoms. The average molecular weight is 290 g/mol. The van der Waals surface area contributed by atoms with E-state index < -0.39 is 11.4 Å². The first-order chi connectivity index (χ1) is 9.62. The molecule has 3 rings (SSSR count). The lowest BCUT2D eigenvalue weighted by atomic mass is 9.69. The van der Waals surface area contributed by atoms with Gasteiger partial charge in [0.2, 0.25) is 0 Å². The number of carbonyl (C=O) groups excluding carboxylic acids is 1. The van der Waals surface area contributed by atoms with Crippen molar-refractivity contribution in [3.63, 3.8) is 0 Å². The van der Waals surface area contributed by atoms with E-state index in [4.69, 9.17) is 0 Å². The Morgan fingerprint density at radius 1 is 1.35 bits per heavy atom. The van der Waals surface area contributed by atoms with Gasteiger partial charge in [0.25, 0.3) is 0 Å². The highest BCUT2D eigenvalue weighted by atomic mass is 32.2. The van der Waals surface area contributed by atoms with Crippen LogP contribution in [0.5, 0.6) is 0 Å². The third-order valence-corrected chi connectivity index (χ3v) is 5.81. The van der Waals surface area contributed by atoms with E-state index in [9.17, 15) is 14.7 Å². The fourth-order valence-corrected chi connectivity index (χ4v) is 4.83. The van der Waals surface area contributed by atoms with Crippen LogP contribution >= 0.6 is 11.8 Å². The van der Waals surface area contributed by atoms with Gasteiger partial charge in [0.1, 0.15) is 11.2 Å². The lowest BCUT2D eigenvalue weighted by Crippen LogP contribution is -2.43. The summed E-state index contributed by atoms with van der Waals surface area (Å²) in [5.74, 6) is -0.980. The molecule has 1 saturated carbocycles. The molecule has 2 unspecified atom stereocenters. The van der Waals surface area contributed by atoms with Crippen LogP contribution in [0.4, 0.5) is 0 Å². The molecule has 1 N–H and O–H groups in total. The van der Waals surface area contributed by atoms with Crippen molar-refractivity contribution in [1.29, 1.82) is 0 Å². The molecule has 1 heterocycles. The number of rotatable bonds is 3. The van der Waals surface area contributed by atoms with Gasteiger partial charge >= 0.3 is 5.97 Å². The van der Waals surface area contributed by atoms with Gasteiger partial charge in [-0.25, -0.2) is 0 Å². The predicted octanol–water partition coefficient (Wildman–Crippen LogP) is 3.31. The molecule has 2 atom stereocenters. The molecule has 20 heavy (non-hydrogen) atoms. The zero-order chi connectivity index (χ0) is 14.2. The monoisotopic (exact) mass is 290 g/mol. The maximum atomic E-state index is 12.2. The molecule has 1 aliphatic carbocycles. The lowest BCUT2D eigenvalue weighted by molar-refractivity contribution is -0.157. The number of carbonyl (C=O) groups is 2. The lowest BCUT2D eigenvalue weighted by Gasteiger charge is -2.33. The molecule has 0 spiro atoms. The molecule has 1 aliphatic heterocycles. The number of aliphatic carboxylic acids is 1. The standard InChI is InChI=1S/C16H18O3S/c17-14-7-3-4-8-16(14,15(18)19)10-12-9-11-5-1-2-6-13(11)20-12/h1-2,5-6,12H,3-4,7-10H2,(H,18,19). The van der Waals surface area contributed by atoms with Crippen molar-refractivity contribution in [1.82, 2.24) is 0 Å². The highest BCUT2D eigenvalue weighted by Crippen LogP contribution is 2.46.